The molecule has 0 unspecified atom stereocenters. The van der Waals surface area contributed by atoms with Gasteiger partial charge in [0.2, 0.25) is 0 Å². The second-order valence-corrected chi connectivity index (χ2v) is 5.84. The summed E-state index contributed by atoms with van der Waals surface area (Å²) in [6, 6.07) is 1.60. The van der Waals surface area contributed by atoms with Crippen LogP contribution >= 0.6 is 11.5 Å². The molecule has 0 radical (unpaired) electrons. The Morgan fingerprint density at radius 1 is 1.38 bits per heavy atom. The van der Waals surface area contributed by atoms with Gasteiger partial charge in [0.1, 0.15) is 16.6 Å². The number of nitrogens with zero attached hydrogens (tertiary/aromatic N) is 2. The van der Waals surface area contributed by atoms with Gasteiger partial charge in [-0.1, -0.05) is 0 Å². The van der Waals surface area contributed by atoms with Crippen molar-refractivity contribution in [2.24, 2.45) is 5.92 Å². The molecular formula is C13H16N4O3S. The number of carboxylic acids is 1. The summed E-state index contributed by atoms with van der Waals surface area (Å²) in [4.78, 5) is 22.8. The monoisotopic (exact) mass is 308 g/mol. The van der Waals surface area contributed by atoms with Crippen LogP contribution in [0.1, 0.15) is 36.9 Å². The van der Waals surface area contributed by atoms with Crippen molar-refractivity contribution in [3.8, 4) is 6.07 Å². The van der Waals surface area contributed by atoms with E-state index in [1.54, 1.807) is 6.92 Å². The van der Waals surface area contributed by atoms with E-state index in [4.69, 9.17) is 10.4 Å². The predicted octanol–water partition coefficient (Wildman–Crippen LogP) is 2.09. The zero-order chi connectivity index (χ0) is 15.4. The second-order valence-electron chi connectivity index (χ2n) is 5.07. The van der Waals surface area contributed by atoms with Crippen molar-refractivity contribution in [1.29, 1.82) is 5.26 Å². The van der Waals surface area contributed by atoms with Gasteiger partial charge in [0.25, 0.3) is 0 Å². The lowest BCUT2D eigenvalue weighted by atomic mass is 9.86. The van der Waals surface area contributed by atoms with Crippen molar-refractivity contribution in [2.45, 2.75) is 38.6 Å². The minimum absolute atomic E-state index is 0.0276. The van der Waals surface area contributed by atoms with E-state index in [1.807, 2.05) is 6.07 Å². The number of aryl methyl sites for hydroxylation is 1. The molecule has 3 N–H and O–H groups in total. The number of aliphatic carboxylic acids is 1. The fourth-order valence-corrected chi connectivity index (χ4v) is 3.14. The molecule has 1 aliphatic rings. The Morgan fingerprint density at radius 2 is 2.05 bits per heavy atom. The SMILES string of the molecule is Cc1nsc(NC(=O)NC2CCC(C(=O)O)CC2)c1C#N. The molecule has 112 valence electrons. The molecule has 21 heavy (non-hydrogen) atoms. The number of carbonyl (C=O) groups excluding carboxylic acids is 1. The van der Waals surface area contributed by atoms with Gasteiger partial charge >= 0.3 is 12.0 Å². The van der Waals surface area contributed by atoms with E-state index >= 15 is 0 Å². The number of urea groups is 1. The van der Waals surface area contributed by atoms with Gasteiger partial charge in [0.05, 0.1) is 11.6 Å². The van der Waals surface area contributed by atoms with Gasteiger partial charge in [-0.05, 0) is 44.1 Å². The number of rotatable bonds is 3. The number of carbonyl (C=O) groups is 2. The van der Waals surface area contributed by atoms with E-state index in [-0.39, 0.29) is 18.0 Å². The van der Waals surface area contributed by atoms with Crippen LogP contribution in [0.4, 0.5) is 9.80 Å². The van der Waals surface area contributed by atoms with E-state index in [0.29, 0.717) is 41.9 Å². The molecule has 0 saturated heterocycles. The molecule has 8 heteroatoms. The third-order valence-electron chi connectivity index (χ3n) is 3.61. The number of anilines is 1. The van der Waals surface area contributed by atoms with Crippen molar-refractivity contribution in [1.82, 2.24) is 9.69 Å². The van der Waals surface area contributed by atoms with Crippen molar-refractivity contribution >= 4 is 28.5 Å². The summed E-state index contributed by atoms with van der Waals surface area (Å²) in [6.07, 6.45) is 2.45. The zero-order valence-electron chi connectivity index (χ0n) is 11.5. The quantitative estimate of drug-likeness (QED) is 0.790. The standard InChI is InChI=1S/C13H16N4O3S/c1-7-10(6-14)11(21-17-7)16-13(20)15-9-4-2-8(3-5-9)12(18)19/h8-9H,2-5H2,1H3,(H,18,19)(H2,15,16,20). The van der Waals surface area contributed by atoms with Crippen molar-refractivity contribution in [3.05, 3.63) is 11.3 Å². The fraction of sp³-hybridized carbons (Fsp3) is 0.538. The van der Waals surface area contributed by atoms with Crippen LogP contribution < -0.4 is 10.6 Å². The van der Waals surface area contributed by atoms with Crippen LogP contribution in [0, 0.1) is 24.2 Å². The maximum atomic E-state index is 11.9. The second kappa shape index (κ2) is 6.54. The number of hydrogen-bond donors (Lipinski definition) is 3. The van der Waals surface area contributed by atoms with Crippen LogP contribution in [0.3, 0.4) is 0 Å². The summed E-state index contributed by atoms with van der Waals surface area (Å²) in [6.45, 7) is 1.71. The molecule has 0 aliphatic heterocycles. The van der Waals surface area contributed by atoms with Gasteiger partial charge in [-0.3, -0.25) is 10.1 Å². The third-order valence-corrected chi connectivity index (χ3v) is 4.47. The van der Waals surface area contributed by atoms with E-state index in [1.165, 1.54) is 0 Å². The maximum absolute atomic E-state index is 11.9. The third kappa shape index (κ3) is 3.70. The van der Waals surface area contributed by atoms with Crippen molar-refractivity contribution in [3.63, 3.8) is 0 Å². The van der Waals surface area contributed by atoms with Crippen molar-refractivity contribution in [2.75, 3.05) is 5.32 Å². The van der Waals surface area contributed by atoms with Crippen LogP contribution in [0.15, 0.2) is 0 Å². The fourth-order valence-electron chi connectivity index (χ4n) is 2.40. The Balaban J connectivity index is 1.86. The molecule has 1 fully saturated rings. The lowest BCUT2D eigenvalue weighted by Crippen LogP contribution is -2.40. The molecule has 0 spiro atoms. The highest BCUT2D eigenvalue weighted by molar-refractivity contribution is 7.10. The van der Waals surface area contributed by atoms with E-state index in [0.717, 1.165) is 11.5 Å². The smallest absolute Gasteiger partial charge is 0.320 e. The Labute approximate surface area is 126 Å². The van der Waals surface area contributed by atoms with Gasteiger partial charge in [0, 0.05) is 6.04 Å². The average molecular weight is 308 g/mol. The van der Waals surface area contributed by atoms with E-state index in [2.05, 4.69) is 15.0 Å². The minimum atomic E-state index is -0.767. The van der Waals surface area contributed by atoms with Crippen molar-refractivity contribution < 1.29 is 14.7 Å². The molecule has 2 amide bonds. The van der Waals surface area contributed by atoms with Gasteiger partial charge in [0.15, 0.2) is 0 Å². The van der Waals surface area contributed by atoms with Crippen LogP contribution in [-0.4, -0.2) is 27.5 Å². The Kier molecular flexibility index (Phi) is 4.75. The summed E-state index contributed by atoms with van der Waals surface area (Å²) in [5.74, 6) is -1.07. The predicted molar refractivity (Wildman–Crippen MR) is 77.1 cm³/mol. The molecule has 0 atom stereocenters. The van der Waals surface area contributed by atoms with E-state index in [9.17, 15) is 9.59 Å². The van der Waals surface area contributed by atoms with Crippen LogP contribution in [0.25, 0.3) is 0 Å². The molecule has 7 nitrogen and oxygen atoms in total. The summed E-state index contributed by atoms with van der Waals surface area (Å²) in [7, 11) is 0. The van der Waals surface area contributed by atoms with Crippen LogP contribution in [-0.2, 0) is 4.79 Å². The number of aromatic nitrogens is 1. The molecule has 2 rings (SSSR count). The molecule has 1 aromatic rings. The Hall–Kier alpha value is -2.14. The normalized spacial score (nSPS) is 21.3. The molecule has 1 aliphatic carbocycles. The largest absolute Gasteiger partial charge is 0.481 e. The topological polar surface area (TPSA) is 115 Å². The first-order valence-corrected chi connectivity index (χ1v) is 7.45. The van der Waals surface area contributed by atoms with E-state index < -0.39 is 5.97 Å². The first kappa shape index (κ1) is 15.3. The highest BCUT2D eigenvalue weighted by Crippen LogP contribution is 2.25. The highest BCUT2D eigenvalue weighted by atomic mass is 32.1. The first-order valence-electron chi connectivity index (χ1n) is 6.68. The summed E-state index contributed by atoms with van der Waals surface area (Å²) < 4.78 is 4.03. The number of hydrogen-bond acceptors (Lipinski definition) is 5. The Morgan fingerprint density at radius 3 is 2.62 bits per heavy atom. The number of nitriles is 1. The lowest BCUT2D eigenvalue weighted by Gasteiger charge is -2.26. The molecular weight excluding hydrogens is 292 g/mol. The number of nitrogens with one attached hydrogen (secondary N) is 2. The molecule has 0 bridgehead atoms. The zero-order valence-corrected chi connectivity index (χ0v) is 12.4. The average Bonchev–Trinajstić information content (AvgIpc) is 2.79. The number of carboxylic acid groups (broad SMARTS) is 1. The highest BCUT2D eigenvalue weighted by Gasteiger charge is 2.27. The van der Waals surface area contributed by atoms with Gasteiger partial charge in [-0.25, -0.2) is 4.79 Å². The maximum Gasteiger partial charge on any atom is 0.320 e. The van der Waals surface area contributed by atoms with Gasteiger partial charge in [-0.15, -0.1) is 0 Å². The number of amides is 2. The van der Waals surface area contributed by atoms with Gasteiger partial charge < -0.3 is 10.4 Å². The molecule has 1 aromatic heterocycles. The minimum Gasteiger partial charge on any atom is -0.481 e. The van der Waals surface area contributed by atoms with Gasteiger partial charge in [-0.2, -0.15) is 9.64 Å². The molecule has 1 heterocycles. The summed E-state index contributed by atoms with van der Waals surface area (Å²) in [5.41, 5.74) is 0.976. The molecule has 0 aromatic carbocycles. The van der Waals surface area contributed by atoms with Crippen LogP contribution in [0.5, 0.6) is 0 Å². The lowest BCUT2D eigenvalue weighted by molar-refractivity contribution is -0.142. The molecule has 1 saturated carbocycles. The first-order chi connectivity index (χ1) is 10.0. The van der Waals surface area contributed by atoms with Crippen LogP contribution in [0.2, 0.25) is 0 Å². The Bertz CT molecular complexity index is 585. The summed E-state index contributed by atoms with van der Waals surface area (Å²) in [5, 5.41) is 23.8. The summed E-state index contributed by atoms with van der Waals surface area (Å²) >= 11 is 1.07.